The molecule has 0 aromatic heterocycles. The highest BCUT2D eigenvalue weighted by molar-refractivity contribution is 5.15. The fourth-order valence-corrected chi connectivity index (χ4v) is 3.48. The number of hydrogen-bond donors (Lipinski definition) is 0. The van der Waals surface area contributed by atoms with Crippen LogP contribution in [-0.2, 0) is 6.42 Å². The molecule has 2 aliphatic heterocycles. The van der Waals surface area contributed by atoms with Gasteiger partial charge in [-0.3, -0.25) is 9.80 Å². The Kier molecular flexibility index (Phi) is 3.67. The molecular formula is C16H24N2. The van der Waals surface area contributed by atoms with Crippen LogP contribution >= 0.6 is 0 Å². The molecule has 2 atom stereocenters. The number of fused-ring (bicyclic) bond motifs is 1. The molecule has 0 N–H and O–H groups in total. The van der Waals surface area contributed by atoms with Gasteiger partial charge in [0.25, 0.3) is 0 Å². The van der Waals surface area contributed by atoms with Crippen molar-refractivity contribution in [3.05, 3.63) is 35.9 Å². The average molecular weight is 244 g/mol. The predicted octanol–water partition coefficient (Wildman–Crippen LogP) is 2.40. The topological polar surface area (TPSA) is 6.48 Å². The summed E-state index contributed by atoms with van der Waals surface area (Å²) in [6, 6.07) is 12.5. The molecule has 1 aromatic carbocycles. The van der Waals surface area contributed by atoms with Gasteiger partial charge in [-0.15, -0.1) is 0 Å². The molecule has 0 spiro atoms. The highest BCUT2D eigenvalue weighted by Crippen LogP contribution is 2.24. The maximum absolute atomic E-state index is 2.70. The second-order valence-corrected chi connectivity index (χ2v) is 5.87. The van der Waals surface area contributed by atoms with Crippen LogP contribution in [0.1, 0.15) is 25.3 Å². The van der Waals surface area contributed by atoms with Crippen molar-refractivity contribution in [2.45, 2.75) is 38.3 Å². The fourth-order valence-electron chi connectivity index (χ4n) is 3.48. The minimum Gasteiger partial charge on any atom is -0.298 e. The quantitative estimate of drug-likeness (QED) is 0.805. The van der Waals surface area contributed by atoms with E-state index < -0.39 is 0 Å². The monoisotopic (exact) mass is 244 g/mol. The van der Waals surface area contributed by atoms with Gasteiger partial charge in [0.1, 0.15) is 0 Å². The Hall–Kier alpha value is -0.860. The normalized spacial score (nSPS) is 29.4. The standard InChI is InChI=1S/C16H24N2/c1-14-12-18-10-5-8-16(18)13-17(14)11-9-15-6-3-2-4-7-15/h2-4,6-7,14,16H,5,8-13H2,1H3/t14-,16+/m1/s1. The third-order valence-corrected chi connectivity index (χ3v) is 4.60. The molecule has 2 fully saturated rings. The Morgan fingerprint density at radius 3 is 2.83 bits per heavy atom. The summed E-state index contributed by atoms with van der Waals surface area (Å²) in [4.78, 5) is 5.39. The molecule has 98 valence electrons. The van der Waals surface area contributed by atoms with Gasteiger partial charge in [0.2, 0.25) is 0 Å². The Balaban J connectivity index is 1.56. The molecule has 3 rings (SSSR count). The van der Waals surface area contributed by atoms with Crippen LogP contribution in [0.2, 0.25) is 0 Å². The third-order valence-electron chi connectivity index (χ3n) is 4.60. The summed E-state index contributed by atoms with van der Waals surface area (Å²) in [6.45, 7) is 7.50. The van der Waals surface area contributed by atoms with Crippen molar-refractivity contribution in [3.8, 4) is 0 Å². The molecule has 1 aromatic rings. The zero-order valence-electron chi connectivity index (χ0n) is 11.4. The molecule has 2 aliphatic rings. The smallest absolute Gasteiger partial charge is 0.0224 e. The Bertz CT molecular complexity index is 376. The summed E-state index contributed by atoms with van der Waals surface area (Å²) in [6.07, 6.45) is 4.01. The van der Waals surface area contributed by atoms with Crippen molar-refractivity contribution in [2.75, 3.05) is 26.2 Å². The van der Waals surface area contributed by atoms with Crippen LogP contribution < -0.4 is 0 Å². The molecular weight excluding hydrogens is 220 g/mol. The number of rotatable bonds is 3. The first-order valence-electron chi connectivity index (χ1n) is 7.35. The van der Waals surface area contributed by atoms with Gasteiger partial charge in [0.15, 0.2) is 0 Å². The lowest BCUT2D eigenvalue weighted by Crippen LogP contribution is -2.55. The van der Waals surface area contributed by atoms with Crippen LogP contribution in [0.15, 0.2) is 30.3 Å². The second kappa shape index (κ2) is 5.41. The first-order valence-corrected chi connectivity index (χ1v) is 7.35. The largest absolute Gasteiger partial charge is 0.298 e. The molecule has 2 heteroatoms. The summed E-state index contributed by atoms with van der Waals surface area (Å²) >= 11 is 0. The van der Waals surface area contributed by atoms with Gasteiger partial charge in [-0.1, -0.05) is 30.3 Å². The van der Waals surface area contributed by atoms with E-state index in [0.717, 1.165) is 12.1 Å². The minimum absolute atomic E-state index is 0.725. The summed E-state index contributed by atoms with van der Waals surface area (Å²) in [5, 5.41) is 0. The zero-order valence-corrected chi connectivity index (χ0v) is 11.4. The van der Waals surface area contributed by atoms with Gasteiger partial charge >= 0.3 is 0 Å². The van der Waals surface area contributed by atoms with E-state index in [9.17, 15) is 0 Å². The average Bonchev–Trinajstić information content (AvgIpc) is 2.84. The summed E-state index contributed by atoms with van der Waals surface area (Å²) in [5.41, 5.74) is 1.47. The SMILES string of the molecule is C[C@@H]1CN2CCC[C@H]2CN1CCc1ccccc1. The highest BCUT2D eigenvalue weighted by atomic mass is 15.3. The van der Waals surface area contributed by atoms with E-state index in [-0.39, 0.29) is 0 Å². The third kappa shape index (κ3) is 2.60. The van der Waals surface area contributed by atoms with Crippen LogP contribution in [0.5, 0.6) is 0 Å². The molecule has 0 amide bonds. The van der Waals surface area contributed by atoms with Gasteiger partial charge in [0, 0.05) is 31.7 Å². The molecule has 2 saturated heterocycles. The van der Waals surface area contributed by atoms with E-state index in [4.69, 9.17) is 0 Å². The van der Waals surface area contributed by atoms with E-state index in [2.05, 4.69) is 47.1 Å². The molecule has 18 heavy (non-hydrogen) atoms. The van der Waals surface area contributed by atoms with Gasteiger partial charge in [-0.2, -0.15) is 0 Å². The second-order valence-electron chi connectivity index (χ2n) is 5.87. The molecule has 0 unspecified atom stereocenters. The van der Waals surface area contributed by atoms with Crippen LogP contribution in [0, 0.1) is 0 Å². The van der Waals surface area contributed by atoms with Crippen molar-refractivity contribution >= 4 is 0 Å². The van der Waals surface area contributed by atoms with Crippen LogP contribution in [0.4, 0.5) is 0 Å². The fraction of sp³-hybridized carbons (Fsp3) is 0.625. The van der Waals surface area contributed by atoms with E-state index in [1.54, 1.807) is 0 Å². The summed E-state index contributed by atoms with van der Waals surface area (Å²) in [5.74, 6) is 0. The maximum Gasteiger partial charge on any atom is 0.0224 e. The lowest BCUT2D eigenvalue weighted by atomic mass is 10.1. The van der Waals surface area contributed by atoms with E-state index >= 15 is 0 Å². The van der Waals surface area contributed by atoms with E-state index in [1.807, 2.05) is 0 Å². The van der Waals surface area contributed by atoms with Crippen LogP contribution in [-0.4, -0.2) is 48.1 Å². The molecule has 2 heterocycles. The first kappa shape index (κ1) is 12.2. The number of nitrogens with zero attached hydrogens (tertiary/aromatic N) is 2. The Labute approximate surface area is 111 Å². The van der Waals surface area contributed by atoms with Crippen LogP contribution in [0.25, 0.3) is 0 Å². The Morgan fingerprint density at radius 2 is 2.00 bits per heavy atom. The predicted molar refractivity (Wildman–Crippen MR) is 75.8 cm³/mol. The number of hydrogen-bond acceptors (Lipinski definition) is 2. The van der Waals surface area contributed by atoms with Gasteiger partial charge in [-0.25, -0.2) is 0 Å². The molecule has 0 saturated carbocycles. The van der Waals surface area contributed by atoms with Gasteiger partial charge in [-0.05, 0) is 38.3 Å². The van der Waals surface area contributed by atoms with Crippen molar-refractivity contribution in [3.63, 3.8) is 0 Å². The molecule has 0 aliphatic carbocycles. The summed E-state index contributed by atoms with van der Waals surface area (Å²) in [7, 11) is 0. The van der Waals surface area contributed by atoms with E-state index in [0.29, 0.717) is 0 Å². The minimum atomic E-state index is 0.725. The van der Waals surface area contributed by atoms with Crippen molar-refractivity contribution in [1.29, 1.82) is 0 Å². The zero-order chi connectivity index (χ0) is 12.4. The number of benzene rings is 1. The lowest BCUT2D eigenvalue weighted by Gasteiger charge is -2.42. The first-order chi connectivity index (χ1) is 8.83. The molecule has 2 nitrogen and oxygen atoms in total. The van der Waals surface area contributed by atoms with Crippen molar-refractivity contribution in [2.24, 2.45) is 0 Å². The Morgan fingerprint density at radius 1 is 1.17 bits per heavy atom. The van der Waals surface area contributed by atoms with Crippen molar-refractivity contribution < 1.29 is 0 Å². The lowest BCUT2D eigenvalue weighted by molar-refractivity contribution is 0.0605. The van der Waals surface area contributed by atoms with Crippen LogP contribution in [0.3, 0.4) is 0 Å². The van der Waals surface area contributed by atoms with Gasteiger partial charge < -0.3 is 0 Å². The summed E-state index contributed by atoms with van der Waals surface area (Å²) < 4.78 is 0. The number of piperazine rings is 1. The maximum atomic E-state index is 2.70. The van der Waals surface area contributed by atoms with Gasteiger partial charge in [0.05, 0.1) is 0 Å². The molecule has 0 bridgehead atoms. The molecule has 0 radical (unpaired) electrons. The van der Waals surface area contributed by atoms with E-state index in [1.165, 1.54) is 51.0 Å². The van der Waals surface area contributed by atoms with Crippen molar-refractivity contribution in [1.82, 2.24) is 9.80 Å². The highest BCUT2D eigenvalue weighted by Gasteiger charge is 2.33.